The predicted molar refractivity (Wildman–Crippen MR) is 81.2 cm³/mol. The highest BCUT2D eigenvalue weighted by Gasteiger charge is 2.45. The molecule has 1 aliphatic heterocycles. The van der Waals surface area contributed by atoms with Crippen molar-refractivity contribution >= 4 is 33.2 Å². The fourth-order valence-electron chi connectivity index (χ4n) is 2.06. The number of aliphatic carboxylic acids is 1. The number of benzene rings is 1. The lowest BCUT2D eigenvalue weighted by Crippen LogP contribution is -2.59. The van der Waals surface area contributed by atoms with Gasteiger partial charge < -0.3 is 14.9 Å². The zero-order chi connectivity index (χ0) is 16.7. The van der Waals surface area contributed by atoms with E-state index in [0.717, 1.165) is 4.31 Å². The van der Waals surface area contributed by atoms with E-state index < -0.39 is 34.2 Å². The standard InChI is InChI=1S/C13H15NO6S2/c1-13(2)12(21)14(7-10(20-13)11(16)17)22(18,19)9-5-3-8(15)4-6-9/h3-6,10,15H,7H2,1-2H3,(H,16,17). The van der Waals surface area contributed by atoms with Crippen LogP contribution in [0.15, 0.2) is 29.2 Å². The van der Waals surface area contributed by atoms with E-state index in [1.807, 2.05) is 0 Å². The molecule has 2 N–H and O–H groups in total. The second-order valence-corrected chi connectivity index (χ2v) is 7.54. The van der Waals surface area contributed by atoms with Crippen molar-refractivity contribution in [3.63, 3.8) is 0 Å². The van der Waals surface area contributed by atoms with Gasteiger partial charge in [-0.3, -0.25) is 4.31 Å². The lowest BCUT2D eigenvalue weighted by molar-refractivity contribution is -0.159. The fourth-order valence-corrected chi connectivity index (χ4v) is 3.98. The van der Waals surface area contributed by atoms with Crippen LogP contribution in [0.3, 0.4) is 0 Å². The van der Waals surface area contributed by atoms with Crippen LogP contribution in [0.25, 0.3) is 0 Å². The largest absolute Gasteiger partial charge is 0.508 e. The van der Waals surface area contributed by atoms with Crippen molar-refractivity contribution in [1.29, 1.82) is 0 Å². The first-order valence-electron chi connectivity index (χ1n) is 6.32. The Hall–Kier alpha value is -1.71. The summed E-state index contributed by atoms with van der Waals surface area (Å²) >= 11 is 5.16. The molecule has 0 aliphatic carbocycles. The number of morpholine rings is 1. The minimum Gasteiger partial charge on any atom is -0.508 e. The van der Waals surface area contributed by atoms with Gasteiger partial charge >= 0.3 is 5.97 Å². The molecule has 0 aromatic heterocycles. The fraction of sp³-hybridized carbons (Fsp3) is 0.385. The van der Waals surface area contributed by atoms with Crippen molar-refractivity contribution < 1.29 is 28.2 Å². The Morgan fingerprint density at radius 3 is 2.41 bits per heavy atom. The molecule has 1 fully saturated rings. The van der Waals surface area contributed by atoms with Crippen LogP contribution in [0.4, 0.5) is 0 Å². The molecule has 1 aromatic rings. The maximum atomic E-state index is 12.7. The molecule has 0 amide bonds. The molecule has 22 heavy (non-hydrogen) atoms. The van der Waals surface area contributed by atoms with E-state index in [0.29, 0.717) is 0 Å². The van der Waals surface area contributed by atoms with Gasteiger partial charge in [0.1, 0.15) is 16.3 Å². The molecular weight excluding hydrogens is 330 g/mol. The number of hydrogen-bond donors (Lipinski definition) is 2. The van der Waals surface area contributed by atoms with Crippen LogP contribution >= 0.6 is 12.2 Å². The first kappa shape index (κ1) is 16.7. The van der Waals surface area contributed by atoms with Crippen LogP contribution in [0.1, 0.15) is 13.8 Å². The van der Waals surface area contributed by atoms with E-state index >= 15 is 0 Å². The molecule has 0 bridgehead atoms. The first-order chi connectivity index (χ1) is 10.1. The number of phenolic OH excluding ortho intramolecular Hbond substituents is 1. The van der Waals surface area contributed by atoms with Crippen molar-refractivity contribution in [2.45, 2.75) is 30.4 Å². The molecule has 7 nitrogen and oxygen atoms in total. The normalized spacial score (nSPS) is 21.6. The Balaban J connectivity index is 2.45. The lowest BCUT2D eigenvalue weighted by Gasteiger charge is -2.41. The highest BCUT2D eigenvalue weighted by atomic mass is 32.2. The van der Waals surface area contributed by atoms with Gasteiger partial charge in [0.2, 0.25) is 0 Å². The van der Waals surface area contributed by atoms with Crippen LogP contribution < -0.4 is 0 Å². The van der Waals surface area contributed by atoms with Crippen molar-refractivity contribution in [3.8, 4) is 5.75 Å². The van der Waals surface area contributed by atoms with Crippen molar-refractivity contribution in [2.24, 2.45) is 0 Å². The average molecular weight is 345 g/mol. The number of ether oxygens (including phenoxy) is 1. The maximum Gasteiger partial charge on any atom is 0.334 e. The van der Waals surface area contributed by atoms with Gasteiger partial charge in [-0.15, -0.1) is 0 Å². The number of rotatable bonds is 3. The molecule has 1 aliphatic rings. The summed E-state index contributed by atoms with van der Waals surface area (Å²) in [5.41, 5.74) is -1.21. The van der Waals surface area contributed by atoms with E-state index in [4.69, 9.17) is 22.1 Å². The Morgan fingerprint density at radius 1 is 1.36 bits per heavy atom. The Morgan fingerprint density at radius 2 is 1.91 bits per heavy atom. The van der Waals surface area contributed by atoms with E-state index in [1.165, 1.54) is 38.1 Å². The summed E-state index contributed by atoms with van der Waals surface area (Å²) in [5.74, 6) is -1.34. The number of hydrogen-bond acceptors (Lipinski definition) is 6. The van der Waals surface area contributed by atoms with E-state index in [2.05, 4.69) is 0 Å². The topological polar surface area (TPSA) is 104 Å². The second kappa shape index (κ2) is 5.49. The van der Waals surface area contributed by atoms with Gasteiger partial charge in [0.15, 0.2) is 6.10 Å². The summed E-state index contributed by atoms with van der Waals surface area (Å²) < 4.78 is 31.6. The smallest absolute Gasteiger partial charge is 0.334 e. The third-order valence-electron chi connectivity index (χ3n) is 3.21. The minimum atomic E-state index is -4.03. The Bertz CT molecular complexity index is 711. The number of nitrogens with zero attached hydrogens (tertiary/aromatic N) is 1. The molecule has 1 aromatic carbocycles. The monoisotopic (exact) mass is 345 g/mol. The molecule has 2 rings (SSSR count). The van der Waals surface area contributed by atoms with Gasteiger partial charge in [0.05, 0.1) is 11.4 Å². The van der Waals surface area contributed by atoms with E-state index in [-0.39, 0.29) is 15.6 Å². The SMILES string of the molecule is CC1(C)OC(C(=O)O)CN(S(=O)(=O)c2ccc(O)cc2)C1=S. The highest BCUT2D eigenvalue weighted by Crippen LogP contribution is 2.29. The van der Waals surface area contributed by atoms with Crippen LogP contribution in [0.2, 0.25) is 0 Å². The van der Waals surface area contributed by atoms with Gasteiger partial charge in [0, 0.05) is 0 Å². The summed E-state index contributed by atoms with van der Waals surface area (Å²) in [6, 6.07) is 4.92. The molecule has 120 valence electrons. The summed E-state index contributed by atoms with van der Waals surface area (Å²) in [6.07, 6.45) is -1.31. The van der Waals surface area contributed by atoms with Gasteiger partial charge in [-0.1, -0.05) is 12.2 Å². The number of thiocarbonyl (C=S) groups is 1. The van der Waals surface area contributed by atoms with Gasteiger partial charge in [-0.2, -0.15) is 0 Å². The molecular formula is C13H15NO6S2. The minimum absolute atomic E-state index is 0.0157. The van der Waals surface area contributed by atoms with Crippen LogP contribution in [0, 0.1) is 0 Å². The third-order valence-corrected chi connectivity index (χ3v) is 5.82. The Labute approximate surface area is 133 Å². The quantitative estimate of drug-likeness (QED) is 0.787. The molecule has 1 saturated heterocycles. The third kappa shape index (κ3) is 2.92. The first-order valence-corrected chi connectivity index (χ1v) is 8.17. The molecule has 1 unspecified atom stereocenters. The van der Waals surface area contributed by atoms with Crippen LogP contribution in [0.5, 0.6) is 5.75 Å². The number of phenols is 1. The van der Waals surface area contributed by atoms with Gasteiger partial charge in [-0.05, 0) is 38.1 Å². The summed E-state index contributed by atoms with van der Waals surface area (Å²) in [6.45, 7) is 2.63. The maximum absolute atomic E-state index is 12.7. The van der Waals surface area contributed by atoms with E-state index in [1.54, 1.807) is 0 Å². The zero-order valence-electron chi connectivity index (χ0n) is 11.9. The number of sulfonamides is 1. The molecule has 0 saturated carbocycles. The molecule has 1 atom stereocenters. The van der Waals surface area contributed by atoms with Crippen LogP contribution in [-0.2, 0) is 19.6 Å². The average Bonchev–Trinajstić information content (AvgIpc) is 2.41. The molecule has 0 spiro atoms. The van der Waals surface area contributed by atoms with Crippen molar-refractivity contribution in [2.75, 3.05) is 6.54 Å². The number of carboxylic acids is 1. The molecule has 9 heteroatoms. The number of aromatic hydroxyl groups is 1. The summed E-state index contributed by atoms with van der Waals surface area (Å²) in [4.78, 5) is 11.1. The number of carbonyl (C=O) groups is 1. The van der Waals surface area contributed by atoms with Crippen molar-refractivity contribution in [1.82, 2.24) is 4.31 Å². The Kier molecular flexibility index (Phi) is 4.16. The molecule has 0 radical (unpaired) electrons. The van der Waals surface area contributed by atoms with Gasteiger partial charge in [-0.25, -0.2) is 13.2 Å². The second-order valence-electron chi connectivity index (χ2n) is 5.29. The summed E-state index contributed by atoms with van der Waals surface area (Å²) in [7, 11) is -4.03. The van der Waals surface area contributed by atoms with Crippen molar-refractivity contribution in [3.05, 3.63) is 24.3 Å². The highest BCUT2D eigenvalue weighted by molar-refractivity contribution is 7.91. The number of carboxylic acid groups (broad SMARTS) is 1. The zero-order valence-corrected chi connectivity index (χ0v) is 13.5. The van der Waals surface area contributed by atoms with E-state index in [9.17, 15) is 18.3 Å². The van der Waals surface area contributed by atoms with Crippen LogP contribution in [-0.4, -0.2) is 52.1 Å². The predicted octanol–water partition coefficient (Wildman–Crippen LogP) is 0.972. The van der Waals surface area contributed by atoms with Gasteiger partial charge in [0.25, 0.3) is 10.0 Å². The summed E-state index contributed by atoms with van der Waals surface area (Å²) in [5, 5.41) is 18.4. The lowest BCUT2D eigenvalue weighted by atomic mass is 10.1. The molecule has 1 heterocycles.